The second-order valence-corrected chi connectivity index (χ2v) is 5.86. The van der Waals surface area contributed by atoms with Gasteiger partial charge in [0.05, 0.1) is 0 Å². The molecule has 0 aliphatic heterocycles. The fraction of sp³-hybridized carbons (Fsp3) is 0.444. The molecular weight excluding hydrogens is 295 g/mol. The van der Waals surface area contributed by atoms with Crippen LogP contribution in [0.15, 0.2) is 30.9 Å². The third-order valence-electron chi connectivity index (χ3n) is 4.37. The molecule has 0 N–H and O–H groups in total. The van der Waals surface area contributed by atoms with E-state index < -0.39 is 0 Å². The molecule has 3 rings (SSSR count). The minimum Gasteiger partial charge on any atom is -0.464 e. The molecule has 23 heavy (non-hydrogen) atoms. The van der Waals surface area contributed by atoms with Gasteiger partial charge in [0, 0.05) is 36.2 Å². The number of nitrogens with zero attached hydrogens (tertiary/aromatic N) is 2. The molecular formula is C18H21FN2O2. The van der Waals surface area contributed by atoms with Gasteiger partial charge in [0.25, 0.3) is 0 Å². The number of benzene rings is 1. The molecule has 4 nitrogen and oxygen atoms in total. The van der Waals surface area contributed by atoms with E-state index in [-0.39, 0.29) is 12.6 Å². The van der Waals surface area contributed by atoms with E-state index in [9.17, 15) is 0 Å². The Kier molecular flexibility index (Phi) is 5.18. The van der Waals surface area contributed by atoms with E-state index in [0.29, 0.717) is 22.8 Å². The van der Waals surface area contributed by atoms with Crippen molar-refractivity contribution in [2.45, 2.75) is 38.0 Å². The summed E-state index contributed by atoms with van der Waals surface area (Å²) in [5.41, 5.74) is 2.04. The quantitative estimate of drug-likeness (QED) is 0.771. The molecule has 0 bridgehead atoms. The first-order valence-corrected chi connectivity index (χ1v) is 8.00. The van der Waals surface area contributed by atoms with Crippen LogP contribution in [-0.2, 0) is 4.74 Å². The summed E-state index contributed by atoms with van der Waals surface area (Å²) < 4.78 is 25.6. The molecule has 0 amide bonds. The minimum absolute atomic E-state index is 0.0331. The number of rotatable bonds is 5. The van der Waals surface area contributed by atoms with Crippen LogP contribution in [-0.4, -0.2) is 23.9 Å². The fourth-order valence-corrected chi connectivity index (χ4v) is 3.23. The van der Waals surface area contributed by atoms with Crippen LogP contribution >= 0.6 is 0 Å². The van der Waals surface area contributed by atoms with Crippen LogP contribution in [0.4, 0.5) is 4.39 Å². The van der Waals surface area contributed by atoms with Crippen LogP contribution in [0.2, 0.25) is 0 Å². The molecule has 0 unspecified atom stereocenters. The summed E-state index contributed by atoms with van der Waals surface area (Å²) >= 11 is 0. The van der Waals surface area contributed by atoms with Crippen molar-refractivity contribution in [3.63, 3.8) is 0 Å². The van der Waals surface area contributed by atoms with Crippen molar-refractivity contribution in [2.24, 2.45) is 0 Å². The van der Waals surface area contributed by atoms with Crippen molar-refractivity contribution < 1.29 is 13.9 Å². The summed E-state index contributed by atoms with van der Waals surface area (Å²) in [4.78, 5) is 7.93. The number of aromatic nitrogens is 2. The first-order valence-electron chi connectivity index (χ1n) is 8.00. The topological polar surface area (TPSA) is 44.2 Å². The van der Waals surface area contributed by atoms with Gasteiger partial charge < -0.3 is 9.47 Å². The Labute approximate surface area is 135 Å². The molecule has 1 aromatic carbocycles. The number of ether oxygens (including phenoxy) is 2. The van der Waals surface area contributed by atoms with Crippen molar-refractivity contribution in [3.8, 4) is 16.9 Å². The lowest BCUT2D eigenvalue weighted by Crippen LogP contribution is -2.10. The molecule has 5 heteroatoms. The van der Waals surface area contributed by atoms with Crippen molar-refractivity contribution in [2.75, 3.05) is 13.9 Å². The third-order valence-corrected chi connectivity index (χ3v) is 4.37. The molecule has 122 valence electrons. The maximum absolute atomic E-state index is 15.1. The van der Waals surface area contributed by atoms with E-state index in [0.717, 1.165) is 18.4 Å². The summed E-state index contributed by atoms with van der Waals surface area (Å²) in [7, 11) is 1.53. The molecule has 1 heterocycles. The van der Waals surface area contributed by atoms with Gasteiger partial charge in [0.2, 0.25) is 0 Å². The summed E-state index contributed by atoms with van der Waals surface area (Å²) in [5.74, 6) is 0.297. The van der Waals surface area contributed by atoms with Crippen LogP contribution in [0.1, 0.15) is 43.6 Å². The van der Waals surface area contributed by atoms with Gasteiger partial charge in [0.15, 0.2) is 18.4 Å². The van der Waals surface area contributed by atoms with Gasteiger partial charge in [-0.1, -0.05) is 31.4 Å². The number of methoxy groups -OCH3 is 1. The predicted octanol–water partition coefficient (Wildman–Crippen LogP) is 4.31. The SMILES string of the molecule is COCOc1c(C2CCCCC2)ccc(-c2cncnc2)c1F. The van der Waals surface area contributed by atoms with Crippen molar-refractivity contribution >= 4 is 0 Å². The first-order chi connectivity index (χ1) is 11.3. The molecule has 1 aliphatic carbocycles. The molecule has 1 saturated carbocycles. The van der Waals surface area contributed by atoms with E-state index in [4.69, 9.17) is 9.47 Å². The minimum atomic E-state index is -0.361. The van der Waals surface area contributed by atoms with Gasteiger partial charge >= 0.3 is 0 Å². The fourth-order valence-electron chi connectivity index (χ4n) is 3.23. The Balaban J connectivity index is 2.01. The maximum Gasteiger partial charge on any atom is 0.188 e. The lowest BCUT2D eigenvalue weighted by molar-refractivity contribution is 0.0471. The summed E-state index contributed by atoms with van der Waals surface area (Å²) in [5, 5.41) is 0. The maximum atomic E-state index is 15.1. The van der Waals surface area contributed by atoms with Crippen LogP contribution < -0.4 is 4.74 Å². The average molecular weight is 316 g/mol. The van der Waals surface area contributed by atoms with E-state index in [1.165, 1.54) is 32.7 Å². The smallest absolute Gasteiger partial charge is 0.188 e. The molecule has 0 radical (unpaired) electrons. The van der Waals surface area contributed by atoms with E-state index in [1.807, 2.05) is 6.07 Å². The first kappa shape index (κ1) is 15.9. The van der Waals surface area contributed by atoms with Gasteiger partial charge in [-0.25, -0.2) is 14.4 Å². The highest BCUT2D eigenvalue weighted by Crippen LogP contribution is 2.41. The highest BCUT2D eigenvalue weighted by molar-refractivity contribution is 5.66. The molecule has 1 aromatic heterocycles. The summed E-state index contributed by atoms with van der Waals surface area (Å²) in [6, 6.07) is 3.78. The van der Waals surface area contributed by atoms with Crippen LogP contribution in [0.3, 0.4) is 0 Å². The molecule has 0 spiro atoms. The molecule has 0 saturated heterocycles. The lowest BCUT2D eigenvalue weighted by atomic mass is 9.83. The van der Waals surface area contributed by atoms with Gasteiger partial charge in [-0.15, -0.1) is 0 Å². The van der Waals surface area contributed by atoms with Crippen LogP contribution in [0.5, 0.6) is 5.75 Å². The Morgan fingerprint density at radius 2 is 1.87 bits per heavy atom. The van der Waals surface area contributed by atoms with E-state index >= 15 is 4.39 Å². The molecule has 2 aromatic rings. The van der Waals surface area contributed by atoms with Gasteiger partial charge in [-0.3, -0.25) is 0 Å². The molecule has 1 aliphatic rings. The van der Waals surface area contributed by atoms with Crippen LogP contribution in [0.25, 0.3) is 11.1 Å². The van der Waals surface area contributed by atoms with Gasteiger partial charge in [-0.2, -0.15) is 0 Å². The average Bonchev–Trinajstić information content (AvgIpc) is 2.62. The monoisotopic (exact) mass is 316 g/mol. The highest BCUT2D eigenvalue weighted by Gasteiger charge is 2.24. The normalized spacial score (nSPS) is 15.6. The van der Waals surface area contributed by atoms with E-state index in [1.54, 1.807) is 18.5 Å². The zero-order chi connectivity index (χ0) is 16.1. The highest BCUT2D eigenvalue weighted by atomic mass is 19.1. The number of hydrogen-bond donors (Lipinski definition) is 0. The second kappa shape index (κ2) is 7.51. The Morgan fingerprint density at radius 3 is 2.57 bits per heavy atom. The van der Waals surface area contributed by atoms with Crippen molar-refractivity contribution in [3.05, 3.63) is 42.2 Å². The third kappa shape index (κ3) is 3.50. The van der Waals surface area contributed by atoms with Gasteiger partial charge in [0.1, 0.15) is 6.33 Å². The molecule has 0 atom stereocenters. The number of halogens is 1. The zero-order valence-corrected chi connectivity index (χ0v) is 13.3. The summed E-state index contributed by atoms with van der Waals surface area (Å²) in [6.45, 7) is 0.0331. The van der Waals surface area contributed by atoms with Crippen molar-refractivity contribution in [1.29, 1.82) is 0 Å². The van der Waals surface area contributed by atoms with Gasteiger partial charge in [-0.05, 0) is 18.8 Å². The zero-order valence-electron chi connectivity index (χ0n) is 13.3. The molecule has 1 fully saturated rings. The Hall–Kier alpha value is -2.01. The van der Waals surface area contributed by atoms with Crippen molar-refractivity contribution in [1.82, 2.24) is 9.97 Å². The Bertz CT molecular complexity index is 643. The van der Waals surface area contributed by atoms with E-state index in [2.05, 4.69) is 9.97 Å². The lowest BCUT2D eigenvalue weighted by Gasteiger charge is -2.25. The number of hydrogen-bond acceptors (Lipinski definition) is 4. The van der Waals surface area contributed by atoms with Crippen LogP contribution in [0, 0.1) is 5.82 Å². The summed E-state index contributed by atoms with van der Waals surface area (Å²) in [6.07, 6.45) is 10.4. The Morgan fingerprint density at radius 1 is 1.13 bits per heavy atom. The predicted molar refractivity (Wildman–Crippen MR) is 85.8 cm³/mol. The second-order valence-electron chi connectivity index (χ2n) is 5.86. The largest absolute Gasteiger partial charge is 0.464 e. The standard InChI is InChI=1S/C18H21FN2O2/c1-22-12-23-18-16(13-5-3-2-4-6-13)8-7-15(17(18)19)14-9-20-11-21-10-14/h7-11,13H,2-6,12H2,1H3.